The Kier molecular flexibility index (Phi) is 6.99. The molecule has 4 rings (SSSR count). The van der Waals surface area contributed by atoms with Gasteiger partial charge in [0, 0.05) is 60.6 Å². The van der Waals surface area contributed by atoms with Gasteiger partial charge in [-0.2, -0.15) is 0 Å². The largest absolute Gasteiger partial charge is 0.381 e. The highest BCUT2D eigenvalue weighted by Gasteiger charge is 2.12. The van der Waals surface area contributed by atoms with Crippen molar-refractivity contribution in [2.75, 3.05) is 41.8 Å². The molecule has 33 heavy (non-hydrogen) atoms. The number of hydrogen-bond acceptors (Lipinski definition) is 6. The summed E-state index contributed by atoms with van der Waals surface area (Å²) < 4.78 is 32.4. The number of primary amides is 1. The molecule has 1 amide bonds. The summed E-state index contributed by atoms with van der Waals surface area (Å²) in [6, 6.07) is 13.1. The van der Waals surface area contributed by atoms with Crippen LogP contribution in [0.15, 0.2) is 54.7 Å². The lowest BCUT2D eigenvalue weighted by Crippen LogP contribution is -2.36. The van der Waals surface area contributed by atoms with Crippen molar-refractivity contribution in [3.8, 4) is 0 Å². The number of anilines is 4. The molecular formula is C24H25F2N5O2. The van der Waals surface area contributed by atoms with Gasteiger partial charge in [0.15, 0.2) is 0 Å². The Bertz CT molecular complexity index is 1100. The van der Waals surface area contributed by atoms with Crippen LogP contribution in [0.2, 0.25) is 0 Å². The van der Waals surface area contributed by atoms with Crippen molar-refractivity contribution < 1.29 is 18.3 Å². The number of aromatic nitrogens is 1. The number of amides is 1. The van der Waals surface area contributed by atoms with Crippen LogP contribution in [0.25, 0.3) is 0 Å². The first kappa shape index (κ1) is 22.5. The van der Waals surface area contributed by atoms with E-state index in [2.05, 4.69) is 20.5 Å². The van der Waals surface area contributed by atoms with Crippen molar-refractivity contribution in [1.82, 2.24) is 4.98 Å². The molecule has 1 saturated heterocycles. The molecule has 3 aromatic rings. The van der Waals surface area contributed by atoms with Crippen LogP contribution < -0.4 is 21.3 Å². The quantitative estimate of drug-likeness (QED) is 0.483. The summed E-state index contributed by atoms with van der Waals surface area (Å²) in [4.78, 5) is 18.1. The molecule has 1 fully saturated rings. The van der Waals surface area contributed by atoms with E-state index in [1.807, 2.05) is 24.3 Å². The van der Waals surface area contributed by atoms with E-state index in [-0.39, 0.29) is 13.0 Å². The Hall–Kier alpha value is -3.72. The minimum atomic E-state index is -0.651. The highest BCUT2D eigenvalue weighted by molar-refractivity contribution is 5.79. The first-order valence-electron chi connectivity index (χ1n) is 10.6. The van der Waals surface area contributed by atoms with Gasteiger partial charge in [-0.25, -0.2) is 13.8 Å². The molecule has 0 bridgehead atoms. The SMILES string of the molecule is NC(=O)Cc1cnc(Nc2ccc(N3CCOCC3)cc2)cc1NCc1cc(F)cc(F)c1. The van der Waals surface area contributed by atoms with E-state index in [0.29, 0.717) is 22.6 Å². The van der Waals surface area contributed by atoms with Gasteiger partial charge in [0.2, 0.25) is 5.91 Å². The predicted molar refractivity (Wildman–Crippen MR) is 124 cm³/mol. The molecule has 1 aromatic heterocycles. The number of nitrogens with one attached hydrogen (secondary N) is 2. The average molecular weight is 453 g/mol. The van der Waals surface area contributed by atoms with E-state index in [4.69, 9.17) is 10.5 Å². The third-order valence-corrected chi connectivity index (χ3v) is 5.27. The Morgan fingerprint density at radius 3 is 2.42 bits per heavy atom. The zero-order valence-electron chi connectivity index (χ0n) is 18.0. The number of rotatable bonds is 8. The molecule has 7 nitrogen and oxygen atoms in total. The summed E-state index contributed by atoms with van der Waals surface area (Å²) >= 11 is 0. The van der Waals surface area contributed by atoms with Crippen molar-refractivity contribution in [3.05, 3.63) is 77.5 Å². The maximum Gasteiger partial charge on any atom is 0.221 e. The van der Waals surface area contributed by atoms with Gasteiger partial charge >= 0.3 is 0 Å². The lowest BCUT2D eigenvalue weighted by atomic mass is 10.1. The monoisotopic (exact) mass is 453 g/mol. The zero-order valence-corrected chi connectivity index (χ0v) is 18.0. The number of nitrogens with two attached hydrogens (primary N) is 1. The van der Waals surface area contributed by atoms with E-state index in [1.54, 1.807) is 12.3 Å². The van der Waals surface area contributed by atoms with Gasteiger partial charge < -0.3 is 26.0 Å². The number of pyridine rings is 1. The third-order valence-electron chi connectivity index (χ3n) is 5.27. The zero-order chi connectivity index (χ0) is 23.2. The molecule has 1 aliphatic heterocycles. The number of halogens is 2. The minimum absolute atomic E-state index is 0.0125. The van der Waals surface area contributed by atoms with Crippen molar-refractivity contribution in [1.29, 1.82) is 0 Å². The number of hydrogen-bond donors (Lipinski definition) is 3. The lowest BCUT2D eigenvalue weighted by Gasteiger charge is -2.28. The van der Waals surface area contributed by atoms with Crippen LogP contribution in [0, 0.1) is 11.6 Å². The molecule has 2 aromatic carbocycles. The summed E-state index contributed by atoms with van der Waals surface area (Å²) in [6.07, 6.45) is 1.55. The van der Waals surface area contributed by atoms with E-state index in [1.165, 1.54) is 12.1 Å². The van der Waals surface area contributed by atoms with Crippen molar-refractivity contribution in [2.24, 2.45) is 5.73 Å². The fourth-order valence-corrected chi connectivity index (χ4v) is 3.68. The fraction of sp³-hybridized carbons (Fsp3) is 0.250. The van der Waals surface area contributed by atoms with Crippen LogP contribution in [0.5, 0.6) is 0 Å². The van der Waals surface area contributed by atoms with E-state index >= 15 is 0 Å². The first-order valence-corrected chi connectivity index (χ1v) is 10.6. The van der Waals surface area contributed by atoms with Crippen LogP contribution in [-0.4, -0.2) is 37.2 Å². The smallest absolute Gasteiger partial charge is 0.221 e. The molecule has 0 aliphatic carbocycles. The second-order valence-electron chi connectivity index (χ2n) is 7.77. The van der Waals surface area contributed by atoms with Gasteiger partial charge in [0.1, 0.15) is 17.5 Å². The summed E-state index contributed by atoms with van der Waals surface area (Å²) in [7, 11) is 0. The van der Waals surface area contributed by atoms with Gasteiger partial charge in [0.25, 0.3) is 0 Å². The Labute approximate surface area is 190 Å². The normalized spacial score (nSPS) is 13.6. The van der Waals surface area contributed by atoms with Gasteiger partial charge in [0.05, 0.1) is 19.6 Å². The van der Waals surface area contributed by atoms with E-state index in [0.717, 1.165) is 43.7 Å². The van der Waals surface area contributed by atoms with Gasteiger partial charge in [-0.15, -0.1) is 0 Å². The van der Waals surface area contributed by atoms with Gasteiger partial charge in [-0.1, -0.05) is 0 Å². The number of carbonyl (C=O) groups excluding carboxylic acids is 1. The summed E-state index contributed by atoms with van der Waals surface area (Å²) in [5.74, 6) is -1.25. The minimum Gasteiger partial charge on any atom is -0.381 e. The number of benzene rings is 2. The summed E-state index contributed by atoms with van der Waals surface area (Å²) in [6.45, 7) is 3.33. The van der Waals surface area contributed by atoms with Crippen LogP contribution in [0.4, 0.5) is 31.7 Å². The lowest BCUT2D eigenvalue weighted by molar-refractivity contribution is -0.117. The molecular weight excluding hydrogens is 428 g/mol. The number of nitrogens with zero attached hydrogens (tertiary/aromatic N) is 2. The maximum absolute atomic E-state index is 13.5. The van der Waals surface area contributed by atoms with Crippen LogP contribution >= 0.6 is 0 Å². The molecule has 0 spiro atoms. The second-order valence-corrected chi connectivity index (χ2v) is 7.77. The van der Waals surface area contributed by atoms with E-state index < -0.39 is 17.5 Å². The molecule has 0 unspecified atom stereocenters. The Morgan fingerprint density at radius 2 is 1.76 bits per heavy atom. The fourth-order valence-electron chi connectivity index (χ4n) is 3.68. The number of carbonyl (C=O) groups is 1. The van der Waals surface area contributed by atoms with Crippen molar-refractivity contribution in [3.63, 3.8) is 0 Å². The van der Waals surface area contributed by atoms with Crippen molar-refractivity contribution in [2.45, 2.75) is 13.0 Å². The molecule has 9 heteroatoms. The molecule has 4 N–H and O–H groups in total. The first-order chi connectivity index (χ1) is 16.0. The molecule has 0 radical (unpaired) electrons. The average Bonchev–Trinajstić information content (AvgIpc) is 2.79. The molecule has 1 aliphatic rings. The molecule has 172 valence electrons. The number of ether oxygens (including phenoxy) is 1. The standard InChI is InChI=1S/C24H25F2N5O2/c25-18-9-16(10-19(26)12-18)14-28-22-13-24(29-15-17(22)11-23(27)32)30-20-1-3-21(4-2-20)31-5-7-33-8-6-31/h1-4,9-10,12-13,15H,5-8,11,14H2,(H2,27,32)(H2,28,29,30). The van der Waals surface area contributed by atoms with Gasteiger partial charge in [-0.3, -0.25) is 4.79 Å². The number of morpholine rings is 1. The third kappa shape index (κ3) is 6.17. The van der Waals surface area contributed by atoms with Crippen molar-refractivity contribution >= 4 is 28.8 Å². The highest BCUT2D eigenvalue weighted by Crippen LogP contribution is 2.25. The predicted octanol–water partition coefficient (Wildman–Crippen LogP) is 3.58. The van der Waals surface area contributed by atoms with Gasteiger partial charge in [-0.05, 0) is 42.0 Å². The Balaban J connectivity index is 1.49. The molecule has 2 heterocycles. The maximum atomic E-state index is 13.5. The van der Waals surface area contributed by atoms with Crippen LogP contribution in [0.1, 0.15) is 11.1 Å². The summed E-state index contributed by atoms with van der Waals surface area (Å²) in [5, 5.41) is 6.37. The Morgan fingerprint density at radius 1 is 1.06 bits per heavy atom. The van der Waals surface area contributed by atoms with E-state index in [9.17, 15) is 13.6 Å². The molecule has 0 saturated carbocycles. The van der Waals surface area contributed by atoms with Crippen LogP contribution in [0.3, 0.4) is 0 Å². The van der Waals surface area contributed by atoms with Crippen LogP contribution in [-0.2, 0) is 22.5 Å². The second kappa shape index (κ2) is 10.3. The topological polar surface area (TPSA) is 92.5 Å². The molecule has 0 atom stereocenters. The highest BCUT2D eigenvalue weighted by atomic mass is 19.1. The summed E-state index contributed by atoms with van der Waals surface area (Å²) in [5.41, 5.74) is 8.95.